The number of aliphatic imine (C=N–C) groups is 1. The first-order valence-corrected chi connectivity index (χ1v) is 1.93. The van der Waals surface area contributed by atoms with Crippen LogP contribution in [0.4, 0.5) is 0 Å². The Balaban J connectivity index is 2.73. The summed E-state index contributed by atoms with van der Waals surface area (Å²) in [4.78, 5) is 3.74. The lowest BCUT2D eigenvalue weighted by Gasteiger charge is -1.79. The topological polar surface area (TPSA) is 21.6 Å². The maximum Gasteiger partial charge on any atom is 0.168 e. The van der Waals surface area contributed by atoms with Gasteiger partial charge in [-0.05, 0) is 6.92 Å². The van der Waals surface area contributed by atoms with E-state index in [0.29, 0.717) is 0 Å². The van der Waals surface area contributed by atoms with E-state index in [9.17, 15) is 0 Å². The van der Waals surface area contributed by atoms with Crippen LogP contribution in [0.5, 0.6) is 0 Å². The van der Waals surface area contributed by atoms with Gasteiger partial charge in [-0.25, -0.2) is 0 Å². The smallest absolute Gasteiger partial charge is 0.168 e. The van der Waals surface area contributed by atoms with Crippen molar-refractivity contribution in [2.75, 3.05) is 13.7 Å². The highest BCUT2D eigenvalue weighted by Gasteiger charge is 1.57. The lowest BCUT2D eigenvalue weighted by molar-refractivity contribution is 0.421. The Morgan fingerprint density at radius 2 is 2.50 bits per heavy atom. The van der Waals surface area contributed by atoms with Crippen LogP contribution < -0.4 is 0 Å². The van der Waals surface area contributed by atoms with Crippen molar-refractivity contribution in [1.29, 1.82) is 0 Å². The molecule has 0 aromatic rings. The predicted octanol–water partition coefficient (Wildman–Crippen LogP) is 0.681. The monoisotopic (exact) mass is 87.1 g/mol. The highest BCUT2D eigenvalue weighted by atomic mass is 16.5. The Morgan fingerprint density at radius 1 is 1.83 bits per heavy atom. The first-order chi connectivity index (χ1) is 2.91. The highest BCUT2D eigenvalue weighted by molar-refractivity contribution is 5.45. The summed E-state index contributed by atoms with van der Waals surface area (Å²) in [6, 6.07) is 0. The number of rotatable bonds is 2. The molecule has 0 amide bonds. The minimum Gasteiger partial charge on any atom is -0.487 e. The zero-order chi connectivity index (χ0) is 4.83. The molecule has 0 radical (unpaired) electrons. The summed E-state index contributed by atoms with van der Waals surface area (Å²) in [5, 5.41) is 0. The largest absolute Gasteiger partial charge is 0.487 e. The van der Waals surface area contributed by atoms with Crippen LogP contribution in [0.3, 0.4) is 0 Å². The fraction of sp³-hybridized carbons (Fsp3) is 0.750. The molecule has 0 aromatic heterocycles. The fourth-order valence-corrected chi connectivity index (χ4v) is 0.149. The lowest BCUT2D eigenvalue weighted by atomic mass is 10.8. The third kappa shape index (κ3) is 3.47. The summed E-state index contributed by atoms with van der Waals surface area (Å²) >= 11 is 0. The molecule has 0 saturated carbocycles. The van der Waals surface area contributed by atoms with Crippen LogP contribution in [0.15, 0.2) is 4.99 Å². The van der Waals surface area contributed by atoms with E-state index >= 15 is 0 Å². The zero-order valence-electron chi connectivity index (χ0n) is 4.14. The van der Waals surface area contributed by atoms with Crippen LogP contribution in [0.25, 0.3) is 0 Å². The van der Waals surface area contributed by atoms with Crippen LogP contribution in [-0.4, -0.2) is 20.1 Å². The molecular weight excluding hydrogens is 78.0 g/mol. The van der Waals surface area contributed by atoms with Crippen molar-refractivity contribution in [1.82, 2.24) is 0 Å². The van der Waals surface area contributed by atoms with Crippen molar-refractivity contribution in [3.05, 3.63) is 0 Å². The SMILES string of the molecule is CC/N=C/OC. The molecule has 36 valence electrons. The van der Waals surface area contributed by atoms with Gasteiger partial charge in [-0.2, -0.15) is 0 Å². The Labute approximate surface area is 37.8 Å². The molecule has 0 heterocycles. The molecule has 0 aromatic carbocycles. The van der Waals surface area contributed by atoms with E-state index in [1.807, 2.05) is 6.92 Å². The van der Waals surface area contributed by atoms with E-state index in [0.717, 1.165) is 6.54 Å². The summed E-state index contributed by atoms with van der Waals surface area (Å²) in [6.07, 6.45) is 1.43. The van der Waals surface area contributed by atoms with E-state index in [2.05, 4.69) is 9.73 Å². The first-order valence-electron chi connectivity index (χ1n) is 1.93. The molecule has 0 aliphatic heterocycles. The second-order valence-corrected chi connectivity index (χ2v) is 0.840. The molecule has 0 bridgehead atoms. The second-order valence-electron chi connectivity index (χ2n) is 0.840. The molecule has 0 saturated heterocycles. The van der Waals surface area contributed by atoms with Crippen molar-refractivity contribution in [2.45, 2.75) is 6.92 Å². The van der Waals surface area contributed by atoms with Gasteiger partial charge in [0, 0.05) is 6.54 Å². The van der Waals surface area contributed by atoms with Gasteiger partial charge in [-0.1, -0.05) is 0 Å². The lowest BCUT2D eigenvalue weighted by Crippen LogP contribution is -1.75. The van der Waals surface area contributed by atoms with E-state index in [4.69, 9.17) is 0 Å². The van der Waals surface area contributed by atoms with Crippen molar-refractivity contribution in [2.24, 2.45) is 4.99 Å². The molecule has 0 aliphatic carbocycles. The molecule has 0 unspecified atom stereocenters. The van der Waals surface area contributed by atoms with E-state index < -0.39 is 0 Å². The van der Waals surface area contributed by atoms with Gasteiger partial charge in [0.2, 0.25) is 0 Å². The summed E-state index contributed by atoms with van der Waals surface area (Å²) < 4.78 is 4.49. The van der Waals surface area contributed by atoms with Gasteiger partial charge < -0.3 is 4.74 Å². The molecule has 0 rings (SSSR count). The molecule has 2 nitrogen and oxygen atoms in total. The first kappa shape index (κ1) is 5.47. The predicted molar refractivity (Wildman–Crippen MR) is 26.0 cm³/mol. The number of methoxy groups -OCH3 is 1. The third-order valence-corrected chi connectivity index (χ3v) is 0.363. The van der Waals surface area contributed by atoms with Crippen LogP contribution in [0, 0.1) is 0 Å². The minimum absolute atomic E-state index is 0.799. The maximum atomic E-state index is 4.49. The molecule has 0 N–H and O–H groups in total. The van der Waals surface area contributed by atoms with Crippen molar-refractivity contribution >= 4 is 6.40 Å². The molecule has 0 aliphatic rings. The van der Waals surface area contributed by atoms with Gasteiger partial charge in [-0.15, -0.1) is 0 Å². The maximum absolute atomic E-state index is 4.49. The van der Waals surface area contributed by atoms with E-state index in [-0.39, 0.29) is 0 Å². The van der Waals surface area contributed by atoms with Gasteiger partial charge in [0.15, 0.2) is 6.40 Å². The quantitative estimate of drug-likeness (QED) is 0.358. The van der Waals surface area contributed by atoms with Crippen molar-refractivity contribution in [3.8, 4) is 0 Å². The summed E-state index contributed by atoms with van der Waals surface area (Å²) in [6.45, 7) is 2.75. The van der Waals surface area contributed by atoms with E-state index in [1.165, 1.54) is 6.40 Å². The van der Waals surface area contributed by atoms with Crippen LogP contribution in [0.2, 0.25) is 0 Å². The number of nitrogens with zero attached hydrogens (tertiary/aromatic N) is 1. The van der Waals surface area contributed by atoms with Gasteiger partial charge >= 0.3 is 0 Å². The Bertz CT molecular complexity index is 36.8. The number of hydrogen-bond donors (Lipinski definition) is 0. The molecule has 6 heavy (non-hydrogen) atoms. The minimum atomic E-state index is 0.799. The van der Waals surface area contributed by atoms with E-state index in [1.54, 1.807) is 7.11 Å². The molecular formula is C4H9NO. The Morgan fingerprint density at radius 3 is 2.67 bits per heavy atom. The zero-order valence-corrected chi connectivity index (χ0v) is 4.14. The van der Waals surface area contributed by atoms with Crippen LogP contribution >= 0.6 is 0 Å². The fourth-order valence-electron chi connectivity index (χ4n) is 0.149. The Hall–Kier alpha value is -0.530. The average Bonchev–Trinajstić information content (AvgIpc) is 1.61. The Kier molecular flexibility index (Phi) is 4.08. The third-order valence-electron chi connectivity index (χ3n) is 0.363. The average molecular weight is 87.1 g/mol. The normalized spacial score (nSPS) is 9.67. The second kappa shape index (κ2) is 4.47. The molecule has 0 fully saturated rings. The molecule has 0 atom stereocenters. The van der Waals surface area contributed by atoms with Gasteiger partial charge in [0.05, 0.1) is 7.11 Å². The van der Waals surface area contributed by atoms with Crippen molar-refractivity contribution < 1.29 is 4.74 Å². The number of hydrogen-bond acceptors (Lipinski definition) is 2. The number of ether oxygens (including phenoxy) is 1. The molecule has 0 spiro atoms. The van der Waals surface area contributed by atoms with Gasteiger partial charge in [-0.3, -0.25) is 4.99 Å². The summed E-state index contributed by atoms with van der Waals surface area (Å²) in [7, 11) is 1.58. The van der Waals surface area contributed by atoms with Crippen molar-refractivity contribution in [3.63, 3.8) is 0 Å². The molecule has 2 heteroatoms. The van der Waals surface area contributed by atoms with Crippen LogP contribution in [-0.2, 0) is 4.74 Å². The summed E-state index contributed by atoms with van der Waals surface area (Å²) in [5.74, 6) is 0. The van der Waals surface area contributed by atoms with Gasteiger partial charge in [0.1, 0.15) is 0 Å². The highest BCUT2D eigenvalue weighted by Crippen LogP contribution is 1.60. The van der Waals surface area contributed by atoms with Gasteiger partial charge in [0.25, 0.3) is 0 Å². The van der Waals surface area contributed by atoms with Crippen LogP contribution in [0.1, 0.15) is 6.92 Å². The summed E-state index contributed by atoms with van der Waals surface area (Å²) in [5.41, 5.74) is 0. The standard InChI is InChI=1S/C4H9NO/c1-3-5-4-6-2/h4H,3H2,1-2H3/b5-4+.